The summed E-state index contributed by atoms with van der Waals surface area (Å²) in [4.78, 5) is 15.6. The number of rotatable bonds is 2. The first-order valence-corrected chi connectivity index (χ1v) is 8.30. The minimum atomic E-state index is 0.000659. The highest BCUT2D eigenvalue weighted by Gasteiger charge is 2.31. The lowest BCUT2D eigenvalue weighted by atomic mass is 9.85. The van der Waals surface area contributed by atoms with Crippen molar-refractivity contribution in [3.05, 3.63) is 78.1 Å². The number of para-hydroxylation sites is 1. The van der Waals surface area contributed by atoms with Crippen molar-refractivity contribution < 1.29 is 4.79 Å². The van der Waals surface area contributed by atoms with Crippen LogP contribution < -0.4 is 5.32 Å². The number of carbonyl (C=O) groups excluding carboxylic acids is 1. The quantitative estimate of drug-likeness (QED) is 0.587. The van der Waals surface area contributed by atoms with E-state index >= 15 is 0 Å². The summed E-state index contributed by atoms with van der Waals surface area (Å²) in [7, 11) is 0. The van der Waals surface area contributed by atoms with Gasteiger partial charge < -0.3 is 10.3 Å². The van der Waals surface area contributed by atoms with Crippen LogP contribution in [0.3, 0.4) is 0 Å². The Hall–Kier alpha value is -3.34. The minimum absolute atomic E-state index is 0.000659. The fourth-order valence-electron chi connectivity index (χ4n) is 3.68. The molecule has 1 aliphatic heterocycles. The molecule has 0 fully saturated rings. The monoisotopic (exact) mass is 328 g/mol. The molecule has 2 aromatic heterocycles. The molecule has 0 spiro atoms. The topological polar surface area (TPSA) is 62.7 Å². The van der Waals surface area contributed by atoms with E-state index in [9.17, 15) is 4.79 Å². The van der Waals surface area contributed by atoms with E-state index in [1.165, 1.54) is 0 Å². The molecule has 0 saturated carbocycles. The average Bonchev–Trinajstić information content (AvgIpc) is 3.28. The van der Waals surface area contributed by atoms with Gasteiger partial charge in [0.05, 0.1) is 11.9 Å². The third-order valence-corrected chi connectivity index (χ3v) is 4.83. The van der Waals surface area contributed by atoms with Crippen LogP contribution >= 0.6 is 0 Å². The number of carbonyl (C=O) groups is 1. The first-order valence-electron chi connectivity index (χ1n) is 8.30. The van der Waals surface area contributed by atoms with Crippen molar-refractivity contribution in [3.63, 3.8) is 0 Å². The van der Waals surface area contributed by atoms with Crippen molar-refractivity contribution in [1.29, 1.82) is 0 Å². The summed E-state index contributed by atoms with van der Waals surface area (Å²) in [5, 5.41) is 8.70. The Bertz CT molecular complexity index is 1080. The number of benzene rings is 2. The van der Waals surface area contributed by atoms with Crippen LogP contribution in [-0.4, -0.2) is 20.7 Å². The largest absolute Gasteiger partial charge is 0.361 e. The van der Waals surface area contributed by atoms with E-state index in [-0.39, 0.29) is 11.8 Å². The first-order chi connectivity index (χ1) is 12.3. The summed E-state index contributed by atoms with van der Waals surface area (Å²) in [6, 6.07) is 18.1. The van der Waals surface area contributed by atoms with E-state index in [4.69, 9.17) is 0 Å². The highest BCUT2D eigenvalue weighted by molar-refractivity contribution is 5.96. The fraction of sp³-hybridized carbons (Fsp3) is 0.100. The second-order valence-electron chi connectivity index (χ2n) is 6.29. The number of hydrogen-bond acceptors (Lipinski definition) is 2. The molecule has 1 aliphatic rings. The molecule has 0 bridgehead atoms. The van der Waals surface area contributed by atoms with Gasteiger partial charge in [-0.25, -0.2) is 4.68 Å². The third kappa shape index (κ3) is 2.16. The molecule has 0 saturated heterocycles. The molecule has 0 radical (unpaired) electrons. The van der Waals surface area contributed by atoms with Gasteiger partial charge in [0, 0.05) is 35.0 Å². The predicted molar refractivity (Wildman–Crippen MR) is 97.0 cm³/mol. The highest BCUT2D eigenvalue weighted by atomic mass is 16.1. The molecule has 5 rings (SSSR count). The molecule has 2 aromatic carbocycles. The molecular weight excluding hydrogens is 312 g/mol. The molecule has 5 nitrogen and oxygen atoms in total. The van der Waals surface area contributed by atoms with Crippen LogP contribution in [0.4, 0.5) is 5.82 Å². The smallest absolute Gasteiger partial charge is 0.226 e. The van der Waals surface area contributed by atoms with Crippen LogP contribution in [0.5, 0.6) is 0 Å². The van der Waals surface area contributed by atoms with Gasteiger partial charge in [0.15, 0.2) is 0 Å². The number of fused-ring (bicyclic) bond motifs is 2. The summed E-state index contributed by atoms with van der Waals surface area (Å²) in [6.07, 6.45) is 4.24. The Morgan fingerprint density at radius 1 is 1.00 bits per heavy atom. The van der Waals surface area contributed by atoms with E-state index in [0.29, 0.717) is 6.42 Å². The summed E-state index contributed by atoms with van der Waals surface area (Å²) in [5.41, 5.74) is 4.23. The van der Waals surface area contributed by atoms with Gasteiger partial charge in [-0.1, -0.05) is 30.3 Å². The minimum Gasteiger partial charge on any atom is -0.361 e. The predicted octanol–water partition coefficient (Wildman–Crippen LogP) is 3.83. The van der Waals surface area contributed by atoms with Gasteiger partial charge in [-0.2, -0.15) is 5.10 Å². The highest BCUT2D eigenvalue weighted by Crippen LogP contribution is 2.40. The summed E-state index contributed by atoms with van der Waals surface area (Å²) in [5.74, 6) is 0.781. The molecule has 3 heterocycles. The number of aromatic nitrogens is 3. The summed E-state index contributed by atoms with van der Waals surface area (Å²) < 4.78 is 1.80. The maximum Gasteiger partial charge on any atom is 0.226 e. The lowest BCUT2D eigenvalue weighted by Crippen LogP contribution is -2.24. The van der Waals surface area contributed by atoms with Crippen LogP contribution in [0.15, 0.2) is 67.0 Å². The molecule has 0 aliphatic carbocycles. The zero-order valence-corrected chi connectivity index (χ0v) is 13.4. The lowest BCUT2D eigenvalue weighted by Gasteiger charge is -2.24. The average molecular weight is 328 g/mol. The Balaban J connectivity index is 1.69. The molecular formula is C20H16N4O. The second-order valence-corrected chi connectivity index (χ2v) is 6.29. The number of nitrogens with zero attached hydrogens (tertiary/aromatic N) is 2. The second kappa shape index (κ2) is 5.34. The van der Waals surface area contributed by atoms with Crippen molar-refractivity contribution >= 4 is 22.6 Å². The maximum atomic E-state index is 12.4. The summed E-state index contributed by atoms with van der Waals surface area (Å²) in [6.45, 7) is 0. The number of amides is 1. The van der Waals surface area contributed by atoms with Crippen LogP contribution in [-0.2, 0) is 4.79 Å². The van der Waals surface area contributed by atoms with E-state index in [1.807, 2.05) is 48.8 Å². The number of aromatic amines is 1. The third-order valence-electron chi connectivity index (χ3n) is 4.83. The van der Waals surface area contributed by atoms with E-state index < -0.39 is 0 Å². The maximum absolute atomic E-state index is 12.4. The van der Waals surface area contributed by atoms with Gasteiger partial charge in [-0.15, -0.1) is 0 Å². The van der Waals surface area contributed by atoms with Gasteiger partial charge in [0.1, 0.15) is 5.82 Å². The van der Waals surface area contributed by atoms with E-state index in [2.05, 4.69) is 33.6 Å². The molecule has 122 valence electrons. The summed E-state index contributed by atoms with van der Waals surface area (Å²) >= 11 is 0. The molecule has 1 unspecified atom stereocenters. The number of hydrogen-bond donors (Lipinski definition) is 2. The molecule has 1 amide bonds. The van der Waals surface area contributed by atoms with Gasteiger partial charge in [-0.3, -0.25) is 4.79 Å². The first kappa shape index (κ1) is 14.0. The number of nitrogens with one attached hydrogen (secondary N) is 2. The van der Waals surface area contributed by atoms with Gasteiger partial charge in [0.25, 0.3) is 0 Å². The zero-order valence-electron chi connectivity index (χ0n) is 13.4. The Morgan fingerprint density at radius 2 is 1.88 bits per heavy atom. The van der Waals surface area contributed by atoms with Crippen molar-refractivity contribution in [2.24, 2.45) is 0 Å². The standard InChI is InChI=1S/C20H16N4O/c25-19-11-16(14-7-4-8-18-15(14)9-10-21-18)17-12-22-24(20(17)23-19)13-5-2-1-3-6-13/h1-10,12,16,21H,11H2,(H,23,25). The van der Waals surface area contributed by atoms with Gasteiger partial charge >= 0.3 is 0 Å². The Labute approximate surface area is 144 Å². The molecule has 5 heteroatoms. The van der Waals surface area contributed by atoms with Gasteiger partial charge in [0.2, 0.25) is 5.91 Å². The zero-order chi connectivity index (χ0) is 16.8. The molecule has 2 N–H and O–H groups in total. The lowest BCUT2D eigenvalue weighted by molar-refractivity contribution is -0.116. The van der Waals surface area contributed by atoms with E-state index in [1.54, 1.807) is 4.68 Å². The van der Waals surface area contributed by atoms with Crippen LogP contribution in [0.25, 0.3) is 16.6 Å². The Kier molecular flexibility index (Phi) is 3.00. The molecule has 25 heavy (non-hydrogen) atoms. The number of H-pyrrole nitrogens is 1. The fourth-order valence-corrected chi connectivity index (χ4v) is 3.68. The normalized spacial score (nSPS) is 16.6. The van der Waals surface area contributed by atoms with E-state index in [0.717, 1.165) is 33.5 Å². The van der Waals surface area contributed by atoms with Crippen LogP contribution in [0.1, 0.15) is 23.5 Å². The number of anilines is 1. The van der Waals surface area contributed by atoms with Gasteiger partial charge in [-0.05, 0) is 29.8 Å². The molecule has 1 atom stereocenters. The van der Waals surface area contributed by atoms with Crippen molar-refractivity contribution in [2.45, 2.75) is 12.3 Å². The van der Waals surface area contributed by atoms with Crippen LogP contribution in [0.2, 0.25) is 0 Å². The molecule has 4 aromatic rings. The van der Waals surface area contributed by atoms with Crippen molar-refractivity contribution in [2.75, 3.05) is 5.32 Å². The Morgan fingerprint density at radius 3 is 2.76 bits per heavy atom. The van der Waals surface area contributed by atoms with Crippen molar-refractivity contribution in [3.8, 4) is 5.69 Å². The van der Waals surface area contributed by atoms with Crippen molar-refractivity contribution in [1.82, 2.24) is 14.8 Å². The van der Waals surface area contributed by atoms with Crippen LogP contribution in [0, 0.1) is 0 Å². The SMILES string of the molecule is O=C1CC(c2cccc3[nH]ccc23)c2cnn(-c3ccccc3)c2N1.